The number of nitrogens with two attached hydrogens (primary N) is 1. The quantitative estimate of drug-likeness (QED) is 0.624. The number of carbonyl (C=O) groups excluding carboxylic acids is 1. The van der Waals surface area contributed by atoms with Crippen LogP contribution in [-0.2, 0) is 14.3 Å². The lowest BCUT2D eigenvalue weighted by Gasteiger charge is -2.12. The Morgan fingerprint density at radius 1 is 1.46 bits per heavy atom. The van der Waals surface area contributed by atoms with Gasteiger partial charge in [0.2, 0.25) is 0 Å². The van der Waals surface area contributed by atoms with Crippen molar-refractivity contribution in [3.05, 3.63) is 0 Å². The Hall–Kier alpha value is -0.610. The van der Waals surface area contributed by atoms with Crippen LogP contribution in [0.3, 0.4) is 0 Å². The smallest absolute Gasteiger partial charge is 0.306 e. The molecule has 0 heterocycles. The van der Waals surface area contributed by atoms with Crippen LogP contribution < -0.4 is 5.73 Å². The molecule has 2 N–H and O–H groups in total. The Bertz CT molecular complexity index is 148. The third-order valence-electron chi connectivity index (χ3n) is 1.54. The number of rotatable bonds is 6. The largest absolute Gasteiger partial charge is 0.460 e. The molecule has 78 valence electrons. The molecule has 0 saturated heterocycles. The third kappa shape index (κ3) is 7.74. The van der Waals surface area contributed by atoms with E-state index in [4.69, 9.17) is 15.2 Å². The summed E-state index contributed by atoms with van der Waals surface area (Å²) in [5.41, 5.74) is 5.50. The fourth-order valence-corrected chi connectivity index (χ4v) is 0.898. The van der Waals surface area contributed by atoms with E-state index in [-0.39, 0.29) is 18.1 Å². The molecule has 0 amide bonds. The topological polar surface area (TPSA) is 61.5 Å². The highest BCUT2D eigenvalue weighted by molar-refractivity contribution is 5.69. The molecular weight excluding hydrogens is 170 g/mol. The maximum Gasteiger partial charge on any atom is 0.306 e. The van der Waals surface area contributed by atoms with Gasteiger partial charge in [-0.15, -0.1) is 0 Å². The van der Waals surface area contributed by atoms with Gasteiger partial charge in [0.1, 0.15) is 6.10 Å². The van der Waals surface area contributed by atoms with Gasteiger partial charge < -0.3 is 15.2 Å². The van der Waals surface area contributed by atoms with E-state index in [0.29, 0.717) is 19.4 Å². The predicted molar refractivity (Wildman–Crippen MR) is 50.3 cm³/mol. The van der Waals surface area contributed by atoms with Crippen molar-refractivity contribution < 1.29 is 14.3 Å². The van der Waals surface area contributed by atoms with Crippen LogP contribution in [-0.4, -0.2) is 31.8 Å². The molecule has 2 unspecified atom stereocenters. The first-order valence-corrected chi connectivity index (χ1v) is 4.50. The molecule has 4 heteroatoms. The molecule has 0 aromatic rings. The van der Waals surface area contributed by atoms with Gasteiger partial charge in [-0.2, -0.15) is 0 Å². The van der Waals surface area contributed by atoms with Crippen molar-refractivity contribution in [3.8, 4) is 0 Å². The highest BCUT2D eigenvalue weighted by atomic mass is 16.6. The number of ether oxygens (including phenoxy) is 2. The van der Waals surface area contributed by atoms with Gasteiger partial charge in [0, 0.05) is 19.6 Å². The fourth-order valence-electron chi connectivity index (χ4n) is 0.898. The highest BCUT2D eigenvalue weighted by Crippen LogP contribution is 1.99. The van der Waals surface area contributed by atoms with E-state index in [0.717, 1.165) is 0 Å². The summed E-state index contributed by atoms with van der Waals surface area (Å²) in [6.45, 7) is 4.10. The van der Waals surface area contributed by atoms with Gasteiger partial charge in [-0.05, 0) is 20.3 Å². The molecule has 0 aromatic carbocycles. The minimum atomic E-state index is -0.207. The third-order valence-corrected chi connectivity index (χ3v) is 1.54. The summed E-state index contributed by atoms with van der Waals surface area (Å²) < 4.78 is 9.85. The normalized spacial score (nSPS) is 15.1. The predicted octanol–water partition coefficient (Wildman–Crippen LogP) is 0.692. The Labute approximate surface area is 79.4 Å². The first kappa shape index (κ1) is 12.4. The van der Waals surface area contributed by atoms with Gasteiger partial charge in [-0.25, -0.2) is 0 Å². The molecule has 4 nitrogen and oxygen atoms in total. The van der Waals surface area contributed by atoms with Gasteiger partial charge in [0.25, 0.3) is 0 Å². The second-order valence-electron chi connectivity index (χ2n) is 3.27. The van der Waals surface area contributed by atoms with E-state index in [9.17, 15) is 4.79 Å². The van der Waals surface area contributed by atoms with Crippen molar-refractivity contribution in [1.82, 2.24) is 0 Å². The van der Waals surface area contributed by atoms with Crippen LogP contribution in [0.5, 0.6) is 0 Å². The zero-order valence-corrected chi connectivity index (χ0v) is 8.58. The van der Waals surface area contributed by atoms with Gasteiger partial charge in [-0.1, -0.05) is 0 Å². The van der Waals surface area contributed by atoms with Crippen LogP contribution in [0.25, 0.3) is 0 Å². The summed E-state index contributed by atoms with van der Waals surface area (Å²) >= 11 is 0. The zero-order chi connectivity index (χ0) is 10.3. The summed E-state index contributed by atoms with van der Waals surface area (Å²) in [4.78, 5) is 11.1. The lowest BCUT2D eigenvalue weighted by atomic mass is 10.2. The van der Waals surface area contributed by atoms with Crippen LogP contribution >= 0.6 is 0 Å². The molecule has 0 bridgehead atoms. The summed E-state index contributed by atoms with van der Waals surface area (Å²) in [6.07, 6.45) is 0.871. The Balaban J connectivity index is 3.50. The average molecular weight is 189 g/mol. The number of carbonyl (C=O) groups is 1. The minimum Gasteiger partial charge on any atom is -0.460 e. The van der Waals surface area contributed by atoms with Crippen molar-refractivity contribution in [2.75, 3.05) is 13.7 Å². The molecule has 0 rings (SSSR count). The Kier molecular flexibility index (Phi) is 6.54. The maximum atomic E-state index is 11.1. The molecular formula is C9H19NO3. The van der Waals surface area contributed by atoms with Crippen LogP contribution in [0, 0.1) is 0 Å². The summed E-state index contributed by atoms with van der Waals surface area (Å²) in [5, 5.41) is 0. The summed E-state index contributed by atoms with van der Waals surface area (Å²) in [5.74, 6) is -0.207. The molecule has 0 aliphatic heterocycles. The molecule has 0 aliphatic rings. The molecule has 0 aliphatic carbocycles. The van der Waals surface area contributed by atoms with Gasteiger partial charge in [0.05, 0.1) is 6.61 Å². The van der Waals surface area contributed by atoms with Crippen LogP contribution in [0.15, 0.2) is 0 Å². The Morgan fingerprint density at radius 2 is 2.08 bits per heavy atom. The van der Waals surface area contributed by atoms with Crippen molar-refractivity contribution in [1.29, 1.82) is 0 Å². The van der Waals surface area contributed by atoms with E-state index in [2.05, 4.69) is 0 Å². The van der Waals surface area contributed by atoms with E-state index in [1.54, 1.807) is 14.0 Å². The summed E-state index contributed by atoms with van der Waals surface area (Å²) in [6, 6.07) is 0.0466. The van der Waals surface area contributed by atoms with Gasteiger partial charge >= 0.3 is 5.97 Å². The van der Waals surface area contributed by atoms with Crippen molar-refractivity contribution >= 4 is 5.97 Å². The van der Waals surface area contributed by atoms with Crippen molar-refractivity contribution in [3.63, 3.8) is 0 Å². The molecule has 0 fully saturated rings. The number of hydrogen-bond acceptors (Lipinski definition) is 4. The number of methoxy groups -OCH3 is 1. The zero-order valence-electron chi connectivity index (χ0n) is 8.58. The Morgan fingerprint density at radius 3 is 2.54 bits per heavy atom. The molecule has 2 atom stereocenters. The van der Waals surface area contributed by atoms with Gasteiger partial charge in [0.15, 0.2) is 0 Å². The second kappa shape index (κ2) is 6.86. The summed E-state index contributed by atoms with van der Waals surface area (Å²) in [7, 11) is 1.58. The van der Waals surface area contributed by atoms with E-state index in [1.165, 1.54) is 0 Å². The second-order valence-corrected chi connectivity index (χ2v) is 3.27. The van der Waals surface area contributed by atoms with E-state index in [1.807, 2.05) is 6.92 Å². The van der Waals surface area contributed by atoms with Gasteiger partial charge in [-0.3, -0.25) is 4.79 Å². The lowest BCUT2D eigenvalue weighted by Crippen LogP contribution is -2.22. The van der Waals surface area contributed by atoms with Crippen molar-refractivity contribution in [2.24, 2.45) is 5.73 Å². The van der Waals surface area contributed by atoms with E-state index >= 15 is 0 Å². The molecule has 0 spiro atoms. The van der Waals surface area contributed by atoms with E-state index < -0.39 is 0 Å². The monoisotopic (exact) mass is 189 g/mol. The minimum absolute atomic E-state index is 0.0466. The van der Waals surface area contributed by atoms with Crippen LogP contribution in [0.1, 0.15) is 26.7 Å². The van der Waals surface area contributed by atoms with Crippen LogP contribution in [0.4, 0.5) is 0 Å². The molecule has 0 aromatic heterocycles. The molecule has 0 radical (unpaired) electrons. The standard InChI is InChI=1S/C9H19NO3/c1-7(10)4-5-9(11)13-8(2)6-12-3/h7-8H,4-6,10H2,1-3H3. The first-order chi connectivity index (χ1) is 6.06. The fraction of sp³-hybridized carbons (Fsp3) is 0.889. The highest BCUT2D eigenvalue weighted by Gasteiger charge is 2.09. The first-order valence-electron chi connectivity index (χ1n) is 4.50. The molecule has 13 heavy (non-hydrogen) atoms. The SMILES string of the molecule is COCC(C)OC(=O)CCC(C)N. The lowest BCUT2D eigenvalue weighted by molar-refractivity contribution is -0.150. The van der Waals surface area contributed by atoms with Crippen molar-refractivity contribution in [2.45, 2.75) is 38.8 Å². The van der Waals surface area contributed by atoms with Crippen LogP contribution in [0.2, 0.25) is 0 Å². The average Bonchev–Trinajstić information content (AvgIpc) is 2.01. The number of esters is 1. The molecule has 0 saturated carbocycles. The maximum absolute atomic E-state index is 11.1. The number of hydrogen-bond donors (Lipinski definition) is 1.